The number of hydrogen-bond donors (Lipinski definition) is 1. The van der Waals surface area contributed by atoms with Gasteiger partial charge in [0.05, 0.1) is 25.2 Å². The second-order valence-electron chi connectivity index (χ2n) is 6.21. The molecule has 2 aromatic rings. The molecule has 1 aliphatic rings. The summed E-state index contributed by atoms with van der Waals surface area (Å²) in [7, 11) is 3.14. The van der Waals surface area contributed by atoms with Crippen molar-refractivity contribution in [2.45, 2.75) is 19.4 Å². The monoisotopic (exact) mass is 367 g/mol. The Labute approximate surface area is 157 Å². The SMILES string of the molecule is COCCn1c(C)cc2c(c1=O)[C@@H](c1cccc(OC)c1)C(C#N)=C(N)O2. The van der Waals surface area contributed by atoms with Gasteiger partial charge in [-0.2, -0.15) is 5.26 Å². The number of aryl methyl sites for hydroxylation is 1. The van der Waals surface area contributed by atoms with Crippen LogP contribution in [0, 0.1) is 18.3 Å². The minimum absolute atomic E-state index is 0.00580. The molecule has 27 heavy (non-hydrogen) atoms. The number of benzene rings is 1. The molecule has 1 aromatic heterocycles. The van der Waals surface area contributed by atoms with Gasteiger partial charge in [0.1, 0.15) is 23.1 Å². The number of hydrogen-bond acceptors (Lipinski definition) is 6. The van der Waals surface area contributed by atoms with Crippen LogP contribution in [0.15, 0.2) is 46.6 Å². The van der Waals surface area contributed by atoms with Gasteiger partial charge in [-0.15, -0.1) is 0 Å². The summed E-state index contributed by atoms with van der Waals surface area (Å²) in [5.74, 6) is 0.376. The molecule has 1 aliphatic heterocycles. The highest BCUT2D eigenvalue weighted by Gasteiger charge is 2.34. The number of nitriles is 1. The minimum atomic E-state index is -0.629. The molecule has 0 saturated carbocycles. The van der Waals surface area contributed by atoms with Gasteiger partial charge in [-0.05, 0) is 24.6 Å². The average molecular weight is 367 g/mol. The molecule has 3 rings (SSSR count). The van der Waals surface area contributed by atoms with Crippen molar-refractivity contribution >= 4 is 0 Å². The first-order valence-corrected chi connectivity index (χ1v) is 8.46. The van der Waals surface area contributed by atoms with Crippen molar-refractivity contribution in [1.29, 1.82) is 5.26 Å². The van der Waals surface area contributed by atoms with Gasteiger partial charge < -0.3 is 24.5 Å². The molecule has 0 fully saturated rings. The number of nitrogens with two attached hydrogens (primary N) is 1. The molecule has 0 radical (unpaired) electrons. The number of pyridine rings is 1. The van der Waals surface area contributed by atoms with Gasteiger partial charge in [0.15, 0.2) is 0 Å². The molecule has 140 valence electrons. The maximum absolute atomic E-state index is 13.3. The van der Waals surface area contributed by atoms with Gasteiger partial charge in [-0.25, -0.2) is 0 Å². The molecule has 0 amide bonds. The van der Waals surface area contributed by atoms with Crippen molar-refractivity contribution in [3.8, 4) is 17.6 Å². The summed E-state index contributed by atoms with van der Waals surface area (Å²) in [6.45, 7) is 2.62. The van der Waals surface area contributed by atoms with E-state index >= 15 is 0 Å². The molecule has 2 heterocycles. The lowest BCUT2D eigenvalue weighted by molar-refractivity contribution is 0.185. The number of methoxy groups -OCH3 is 2. The number of fused-ring (bicyclic) bond motifs is 1. The smallest absolute Gasteiger partial charge is 0.258 e. The molecule has 0 bridgehead atoms. The first-order chi connectivity index (χ1) is 13.0. The molecule has 1 aromatic carbocycles. The van der Waals surface area contributed by atoms with Gasteiger partial charge in [-0.1, -0.05) is 12.1 Å². The largest absolute Gasteiger partial charge is 0.497 e. The van der Waals surface area contributed by atoms with Crippen molar-refractivity contribution in [3.63, 3.8) is 0 Å². The van der Waals surface area contributed by atoms with Gasteiger partial charge in [0, 0.05) is 25.4 Å². The van der Waals surface area contributed by atoms with E-state index in [-0.39, 0.29) is 17.0 Å². The summed E-state index contributed by atoms with van der Waals surface area (Å²) in [6, 6.07) is 11.1. The maximum atomic E-state index is 13.3. The lowest BCUT2D eigenvalue weighted by Crippen LogP contribution is -2.33. The Morgan fingerprint density at radius 1 is 1.33 bits per heavy atom. The van der Waals surface area contributed by atoms with Crippen LogP contribution >= 0.6 is 0 Å². The van der Waals surface area contributed by atoms with E-state index in [9.17, 15) is 10.1 Å². The Balaban J connectivity index is 2.26. The third-order valence-electron chi connectivity index (χ3n) is 4.64. The Hall–Kier alpha value is -3.24. The number of ether oxygens (including phenoxy) is 3. The van der Waals surface area contributed by atoms with E-state index in [0.29, 0.717) is 30.2 Å². The maximum Gasteiger partial charge on any atom is 0.258 e. The molecule has 0 saturated heterocycles. The van der Waals surface area contributed by atoms with Crippen LogP contribution in [0.25, 0.3) is 0 Å². The zero-order valence-electron chi connectivity index (χ0n) is 15.5. The van der Waals surface area contributed by atoms with Crippen LogP contribution in [-0.2, 0) is 11.3 Å². The van der Waals surface area contributed by atoms with Crippen molar-refractivity contribution in [1.82, 2.24) is 4.57 Å². The van der Waals surface area contributed by atoms with E-state index in [2.05, 4.69) is 6.07 Å². The van der Waals surface area contributed by atoms with Crippen LogP contribution in [0.3, 0.4) is 0 Å². The third kappa shape index (κ3) is 3.27. The predicted molar refractivity (Wildman–Crippen MR) is 99.6 cm³/mol. The van der Waals surface area contributed by atoms with Gasteiger partial charge in [0.25, 0.3) is 5.56 Å². The molecule has 2 N–H and O–H groups in total. The molecular weight excluding hydrogens is 346 g/mol. The Kier molecular flexibility index (Phi) is 5.19. The summed E-state index contributed by atoms with van der Waals surface area (Å²) in [4.78, 5) is 13.3. The quantitative estimate of drug-likeness (QED) is 0.868. The zero-order chi connectivity index (χ0) is 19.6. The lowest BCUT2D eigenvalue weighted by atomic mass is 9.84. The molecule has 0 aliphatic carbocycles. The van der Waals surface area contributed by atoms with E-state index in [1.807, 2.05) is 19.1 Å². The Morgan fingerprint density at radius 2 is 2.11 bits per heavy atom. The molecule has 0 unspecified atom stereocenters. The summed E-state index contributed by atoms with van der Waals surface area (Å²) < 4.78 is 17.7. The van der Waals surface area contributed by atoms with Crippen molar-refractivity contribution in [2.24, 2.45) is 5.73 Å². The normalized spacial score (nSPS) is 15.7. The number of rotatable bonds is 5. The average Bonchev–Trinajstić information content (AvgIpc) is 2.66. The fourth-order valence-corrected chi connectivity index (χ4v) is 3.30. The predicted octanol–water partition coefficient (Wildman–Crippen LogP) is 2.03. The van der Waals surface area contributed by atoms with E-state index in [1.165, 1.54) is 0 Å². The highest BCUT2D eigenvalue weighted by Crippen LogP contribution is 2.41. The summed E-state index contributed by atoms with van der Waals surface area (Å²) >= 11 is 0. The topological polar surface area (TPSA) is 99.5 Å². The van der Waals surface area contributed by atoms with Crippen molar-refractivity contribution in [3.05, 3.63) is 69.0 Å². The Bertz CT molecular complexity index is 1000. The zero-order valence-corrected chi connectivity index (χ0v) is 15.5. The second-order valence-corrected chi connectivity index (χ2v) is 6.21. The molecule has 1 atom stereocenters. The van der Waals surface area contributed by atoms with Crippen LogP contribution in [0.5, 0.6) is 11.5 Å². The van der Waals surface area contributed by atoms with E-state index in [4.69, 9.17) is 19.9 Å². The highest BCUT2D eigenvalue weighted by molar-refractivity contribution is 5.56. The number of nitrogens with zero attached hydrogens (tertiary/aromatic N) is 2. The summed E-state index contributed by atoms with van der Waals surface area (Å²) in [5.41, 5.74) is 7.82. The first-order valence-electron chi connectivity index (χ1n) is 8.46. The van der Waals surface area contributed by atoms with Crippen molar-refractivity contribution < 1.29 is 14.2 Å². The summed E-state index contributed by atoms with van der Waals surface area (Å²) in [5, 5.41) is 9.67. The molecular formula is C20H21N3O4. The van der Waals surface area contributed by atoms with Crippen LogP contribution < -0.4 is 20.8 Å². The van der Waals surface area contributed by atoms with E-state index < -0.39 is 5.92 Å². The molecule has 7 heteroatoms. The van der Waals surface area contributed by atoms with Crippen molar-refractivity contribution in [2.75, 3.05) is 20.8 Å². The lowest BCUT2D eigenvalue weighted by Gasteiger charge is -2.27. The third-order valence-corrected chi connectivity index (χ3v) is 4.64. The first kappa shape index (κ1) is 18.5. The molecule has 7 nitrogen and oxygen atoms in total. The van der Waals surface area contributed by atoms with E-state index in [0.717, 1.165) is 11.3 Å². The van der Waals surface area contributed by atoms with Gasteiger partial charge >= 0.3 is 0 Å². The van der Waals surface area contributed by atoms with Gasteiger partial charge in [-0.3, -0.25) is 4.79 Å². The Morgan fingerprint density at radius 3 is 2.78 bits per heavy atom. The standard InChI is InChI=1S/C20H21N3O4/c1-12-9-16-18(20(24)23(12)7-8-25-2)17(15(11-21)19(22)27-16)13-5-4-6-14(10-13)26-3/h4-6,9-10,17H,7-8,22H2,1-3H3/t17-/m0/s1. The van der Waals surface area contributed by atoms with Crippen LogP contribution in [-0.4, -0.2) is 25.4 Å². The van der Waals surface area contributed by atoms with Crippen LogP contribution in [0.1, 0.15) is 22.7 Å². The number of allylic oxidation sites excluding steroid dienone is 1. The minimum Gasteiger partial charge on any atom is -0.497 e. The second kappa shape index (κ2) is 7.56. The van der Waals surface area contributed by atoms with Crippen LogP contribution in [0.4, 0.5) is 0 Å². The fourth-order valence-electron chi connectivity index (χ4n) is 3.30. The number of aromatic nitrogens is 1. The summed E-state index contributed by atoms with van der Waals surface area (Å²) in [6.07, 6.45) is 0. The van der Waals surface area contributed by atoms with Crippen LogP contribution in [0.2, 0.25) is 0 Å². The molecule has 0 spiro atoms. The fraction of sp³-hybridized carbons (Fsp3) is 0.300. The highest BCUT2D eigenvalue weighted by atomic mass is 16.5. The van der Waals surface area contributed by atoms with Gasteiger partial charge in [0.2, 0.25) is 5.88 Å². The van der Waals surface area contributed by atoms with E-state index in [1.54, 1.807) is 37.0 Å².